The van der Waals surface area contributed by atoms with Crippen LogP contribution in [0.15, 0.2) is 35.7 Å². The van der Waals surface area contributed by atoms with E-state index in [1.807, 2.05) is 17.4 Å². The molecule has 1 aliphatic carbocycles. The fourth-order valence-corrected chi connectivity index (χ4v) is 6.54. The molecule has 3 nitrogen and oxygen atoms in total. The normalized spacial score (nSPS) is 16.2. The van der Waals surface area contributed by atoms with E-state index in [1.54, 1.807) is 0 Å². The minimum atomic E-state index is -0.0605. The molecule has 0 N–H and O–H groups in total. The summed E-state index contributed by atoms with van der Waals surface area (Å²) < 4.78 is 5.92. The van der Waals surface area contributed by atoms with Gasteiger partial charge in [-0.3, -0.25) is 9.69 Å². The van der Waals surface area contributed by atoms with E-state index in [4.69, 9.17) is 4.74 Å². The SMILES string of the molecule is CCCCC(CCC)CCCCC(=O)Oc1cccc2c1CCC(N(CCC)CCc1cccs1)C2. The number of rotatable bonds is 17. The van der Waals surface area contributed by atoms with Crippen LogP contribution < -0.4 is 4.74 Å². The monoisotopic (exact) mass is 511 g/mol. The number of hydrogen-bond donors (Lipinski definition) is 0. The van der Waals surface area contributed by atoms with Crippen LogP contribution in [0, 0.1) is 5.92 Å². The second kappa shape index (κ2) is 16.2. The van der Waals surface area contributed by atoms with Crippen molar-refractivity contribution in [1.29, 1.82) is 0 Å². The topological polar surface area (TPSA) is 29.5 Å². The second-order valence-corrected chi connectivity index (χ2v) is 11.7. The molecule has 1 aromatic heterocycles. The number of nitrogens with zero attached hydrogens (tertiary/aromatic N) is 1. The lowest BCUT2D eigenvalue weighted by Crippen LogP contribution is -2.41. The predicted octanol–water partition coefficient (Wildman–Crippen LogP) is 8.63. The van der Waals surface area contributed by atoms with Gasteiger partial charge in [0.25, 0.3) is 0 Å². The van der Waals surface area contributed by atoms with Crippen LogP contribution in [0.5, 0.6) is 5.75 Å². The average Bonchev–Trinajstić information content (AvgIpc) is 3.41. The molecule has 0 saturated carbocycles. The summed E-state index contributed by atoms with van der Waals surface area (Å²) in [6.07, 6.45) is 15.9. The third kappa shape index (κ3) is 9.34. The van der Waals surface area contributed by atoms with E-state index < -0.39 is 0 Å². The highest BCUT2D eigenvalue weighted by atomic mass is 32.1. The number of hydrogen-bond acceptors (Lipinski definition) is 4. The fraction of sp³-hybridized carbons (Fsp3) is 0.656. The van der Waals surface area contributed by atoms with E-state index in [0.717, 1.165) is 63.3 Å². The number of carbonyl (C=O) groups excluding carboxylic acids is 1. The summed E-state index contributed by atoms with van der Waals surface area (Å²) in [5.41, 5.74) is 2.63. The van der Waals surface area contributed by atoms with Gasteiger partial charge in [0.2, 0.25) is 0 Å². The molecule has 4 heteroatoms. The quantitative estimate of drug-likeness (QED) is 0.121. The highest BCUT2D eigenvalue weighted by molar-refractivity contribution is 7.09. The molecule has 0 bridgehead atoms. The van der Waals surface area contributed by atoms with Gasteiger partial charge in [0.15, 0.2) is 0 Å². The summed E-state index contributed by atoms with van der Waals surface area (Å²) in [6, 6.07) is 11.3. The van der Waals surface area contributed by atoms with E-state index in [2.05, 4.69) is 55.3 Å². The molecule has 2 atom stereocenters. The van der Waals surface area contributed by atoms with Gasteiger partial charge in [-0.2, -0.15) is 0 Å². The maximum atomic E-state index is 12.7. The standard InChI is InChI=1S/C32H49NO2S/c1-4-7-13-26(12-5-2)14-8-9-18-32(34)35-31-17-10-15-27-25-28(19-20-30(27)31)33(22-6-3)23-21-29-16-11-24-36-29/h10-11,15-17,24,26,28H,4-9,12-14,18-23,25H2,1-3H3. The first kappa shape index (κ1) is 28.9. The van der Waals surface area contributed by atoms with Crippen molar-refractivity contribution in [3.8, 4) is 5.75 Å². The first-order valence-corrected chi connectivity index (χ1v) is 15.6. The van der Waals surface area contributed by atoms with E-state index in [0.29, 0.717) is 12.5 Å². The minimum Gasteiger partial charge on any atom is -0.426 e. The molecule has 1 aromatic carbocycles. The first-order valence-electron chi connectivity index (χ1n) is 14.7. The van der Waals surface area contributed by atoms with Gasteiger partial charge >= 0.3 is 5.97 Å². The number of benzene rings is 1. The summed E-state index contributed by atoms with van der Waals surface area (Å²) in [6.45, 7) is 9.11. The van der Waals surface area contributed by atoms with Gasteiger partial charge in [0, 0.05) is 23.9 Å². The summed E-state index contributed by atoms with van der Waals surface area (Å²) in [7, 11) is 0. The Balaban J connectivity index is 1.49. The molecular formula is C32H49NO2S. The van der Waals surface area contributed by atoms with Crippen LogP contribution in [-0.2, 0) is 24.1 Å². The third-order valence-electron chi connectivity index (χ3n) is 7.80. The smallest absolute Gasteiger partial charge is 0.311 e. The molecule has 3 rings (SSSR count). The number of ether oxygens (including phenoxy) is 1. The van der Waals surface area contributed by atoms with Crippen LogP contribution in [0.1, 0.15) is 107 Å². The zero-order chi connectivity index (χ0) is 25.6. The lowest BCUT2D eigenvalue weighted by atomic mass is 9.86. The van der Waals surface area contributed by atoms with Crippen molar-refractivity contribution in [2.24, 2.45) is 5.92 Å². The molecule has 1 aliphatic rings. The van der Waals surface area contributed by atoms with Crippen molar-refractivity contribution < 1.29 is 9.53 Å². The van der Waals surface area contributed by atoms with E-state index in [1.165, 1.54) is 60.9 Å². The Labute approximate surface area is 224 Å². The van der Waals surface area contributed by atoms with Crippen molar-refractivity contribution in [2.45, 2.75) is 117 Å². The lowest BCUT2D eigenvalue weighted by Gasteiger charge is -2.35. The molecule has 0 amide bonds. The maximum Gasteiger partial charge on any atom is 0.311 e. The van der Waals surface area contributed by atoms with Gasteiger partial charge in [0.05, 0.1) is 0 Å². The molecular weight excluding hydrogens is 462 g/mol. The Bertz CT molecular complexity index is 878. The van der Waals surface area contributed by atoms with Crippen LogP contribution in [0.3, 0.4) is 0 Å². The highest BCUT2D eigenvalue weighted by Gasteiger charge is 2.26. The molecule has 2 unspecified atom stereocenters. The molecule has 0 saturated heterocycles. The number of fused-ring (bicyclic) bond motifs is 1. The van der Waals surface area contributed by atoms with Crippen molar-refractivity contribution in [2.75, 3.05) is 13.1 Å². The maximum absolute atomic E-state index is 12.7. The van der Waals surface area contributed by atoms with E-state index >= 15 is 0 Å². The molecule has 36 heavy (non-hydrogen) atoms. The minimum absolute atomic E-state index is 0.0605. The van der Waals surface area contributed by atoms with Gasteiger partial charge in [-0.05, 0) is 79.6 Å². The predicted molar refractivity (Wildman–Crippen MR) is 154 cm³/mol. The second-order valence-electron chi connectivity index (χ2n) is 10.7. The molecule has 0 aliphatic heterocycles. The van der Waals surface area contributed by atoms with Gasteiger partial charge in [-0.25, -0.2) is 0 Å². The fourth-order valence-electron chi connectivity index (χ4n) is 5.84. The molecule has 0 spiro atoms. The Morgan fingerprint density at radius 2 is 1.86 bits per heavy atom. The van der Waals surface area contributed by atoms with E-state index in [-0.39, 0.29) is 5.97 Å². The van der Waals surface area contributed by atoms with Crippen LogP contribution in [0.4, 0.5) is 0 Å². The Morgan fingerprint density at radius 3 is 2.61 bits per heavy atom. The van der Waals surface area contributed by atoms with Crippen LogP contribution >= 0.6 is 11.3 Å². The Kier molecular flexibility index (Phi) is 13.0. The zero-order valence-electron chi connectivity index (χ0n) is 23.1. The van der Waals surface area contributed by atoms with Gasteiger partial charge in [0.1, 0.15) is 5.75 Å². The largest absolute Gasteiger partial charge is 0.426 e. The summed E-state index contributed by atoms with van der Waals surface area (Å²) >= 11 is 1.86. The molecule has 0 fully saturated rings. The number of carbonyl (C=O) groups is 1. The first-order chi connectivity index (χ1) is 17.6. The van der Waals surface area contributed by atoms with Crippen LogP contribution in [-0.4, -0.2) is 30.0 Å². The van der Waals surface area contributed by atoms with Crippen molar-refractivity contribution in [3.05, 3.63) is 51.7 Å². The number of thiophene rings is 1. The van der Waals surface area contributed by atoms with Crippen LogP contribution in [0.25, 0.3) is 0 Å². The number of esters is 1. The highest BCUT2D eigenvalue weighted by Crippen LogP contribution is 2.32. The van der Waals surface area contributed by atoms with Crippen molar-refractivity contribution in [3.63, 3.8) is 0 Å². The van der Waals surface area contributed by atoms with Crippen LogP contribution in [0.2, 0.25) is 0 Å². The van der Waals surface area contributed by atoms with Gasteiger partial charge in [-0.1, -0.05) is 83.9 Å². The number of unbranched alkanes of at least 4 members (excludes halogenated alkanes) is 2. The summed E-state index contributed by atoms with van der Waals surface area (Å²) in [4.78, 5) is 16.8. The van der Waals surface area contributed by atoms with Gasteiger partial charge < -0.3 is 4.74 Å². The molecule has 200 valence electrons. The van der Waals surface area contributed by atoms with Gasteiger partial charge in [-0.15, -0.1) is 11.3 Å². The Hall–Kier alpha value is -1.65. The lowest BCUT2D eigenvalue weighted by molar-refractivity contribution is -0.134. The molecule has 0 radical (unpaired) electrons. The average molecular weight is 512 g/mol. The van der Waals surface area contributed by atoms with Crippen molar-refractivity contribution >= 4 is 17.3 Å². The van der Waals surface area contributed by atoms with Crippen molar-refractivity contribution in [1.82, 2.24) is 4.90 Å². The Morgan fingerprint density at radius 1 is 1.00 bits per heavy atom. The molecule has 2 aromatic rings. The summed E-state index contributed by atoms with van der Waals surface area (Å²) in [5.74, 6) is 1.58. The zero-order valence-corrected chi connectivity index (χ0v) is 23.9. The van der Waals surface area contributed by atoms with E-state index in [9.17, 15) is 4.79 Å². The third-order valence-corrected chi connectivity index (χ3v) is 8.73. The summed E-state index contributed by atoms with van der Waals surface area (Å²) in [5, 5.41) is 2.18. The molecule has 1 heterocycles.